The Balaban J connectivity index is 2.28. The van der Waals surface area contributed by atoms with Crippen molar-refractivity contribution in [2.75, 3.05) is 33.5 Å². The molecule has 0 bridgehead atoms. The number of rotatable bonds is 8. The number of hydrogen-bond acceptors (Lipinski definition) is 5. The molecule has 0 aromatic carbocycles. The quantitative estimate of drug-likeness (QED) is 0.658. The first-order chi connectivity index (χ1) is 10.8. The molecule has 7 nitrogen and oxygen atoms in total. The van der Waals surface area contributed by atoms with Crippen LogP contribution in [0.2, 0.25) is 0 Å². The zero-order chi connectivity index (χ0) is 17.3. The van der Waals surface area contributed by atoms with E-state index in [9.17, 15) is 9.59 Å². The third-order valence-electron chi connectivity index (χ3n) is 3.58. The fraction of sp³-hybridized carbons (Fsp3) is 0.875. The van der Waals surface area contributed by atoms with Gasteiger partial charge in [0.05, 0.1) is 13.2 Å². The number of nitrogens with one attached hydrogen (secondary N) is 2. The second-order valence-corrected chi connectivity index (χ2v) is 6.79. The SMILES string of the molecule is COCCOCC(=O)N[C@@H]1CCC[C@@H]1CNC(=O)OC(C)(C)C. The highest BCUT2D eigenvalue weighted by atomic mass is 16.6. The fourth-order valence-corrected chi connectivity index (χ4v) is 2.56. The summed E-state index contributed by atoms with van der Waals surface area (Å²) in [6, 6.07) is 0.0726. The van der Waals surface area contributed by atoms with Crippen molar-refractivity contribution >= 4 is 12.0 Å². The van der Waals surface area contributed by atoms with Crippen LogP contribution in [0.25, 0.3) is 0 Å². The van der Waals surface area contributed by atoms with Crippen LogP contribution < -0.4 is 10.6 Å². The second kappa shape index (κ2) is 9.72. The van der Waals surface area contributed by atoms with Crippen LogP contribution in [-0.2, 0) is 19.0 Å². The van der Waals surface area contributed by atoms with Gasteiger partial charge >= 0.3 is 6.09 Å². The average molecular weight is 330 g/mol. The fourth-order valence-electron chi connectivity index (χ4n) is 2.56. The Hall–Kier alpha value is -1.34. The summed E-state index contributed by atoms with van der Waals surface area (Å²) in [5.74, 6) is 0.0979. The molecule has 0 saturated heterocycles. The molecule has 0 spiro atoms. The van der Waals surface area contributed by atoms with E-state index in [4.69, 9.17) is 14.2 Å². The van der Waals surface area contributed by atoms with Crippen molar-refractivity contribution in [3.05, 3.63) is 0 Å². The first-order valence-corrected chi connectivity index (χ1v) is 8.14. The lowest BCUT2D eigenvalue weighted by atomic mass is 10.0. The third-order valence-corrected chi connectivity index (χ3v) is 3.58. The Morgan fingerprint density at radius 3 is 2.57 bits per heavy atom. The molecule has 1 fully saturated rings. The van der Waals surface area contributed by atoms with E-state index in [-0.39, 0.29) is 24.5 Å². The van der Waals surface area contributed by atoms with E-state index in [0.717, 1.165) is 19.3 Å². The molecule has 1 aliphatic carbocycles. The first kappa shape index (κ1) is 19.7. The van der Waals surface area contributed by atoms with Gasteiger partial charge in [-0.2, -0.15) is 0 Å². The number of hydrogen-bond donors (Lipinski definition) is 2. The molecule has 1 saturated carbocycles. The van der Waals surface area contributed by atoms with Crippen LogP contribution in [0.3, 0.4) is 0 Å². The summed E-state index contributed by atoms with van der Waals surface area (Å²) in [4.78, 5) is 23.5. The molecule has 134 valence electrons. The minimum Gasteiger partial charge on any atom is -0.444 e. The van der Waals surface area contributed by atoms with E-state index in [0.29, 0.717) is 19.8 Å². The van der Waals surface area contributed by atoms with E-state index in [2.05, 4.69) is 10.6 Å². The lowest BCUT2D eigenvalue weighted by Gasteiger charge is -2.23. The molecule has 0 heterocycles. The van der Waals surface area contributed by atoms with Gasteiger partial charge in [0.15, 0.2) is 0 Å². The minimum absolute atomic E-state index is 0.0338. The topological polar surface area (TPSA) is 85.9 Å². The van der Waals surface area contributed by atoms with Gasteiger partial charge < -0.3 is 24.8 Å². The third kappa shape index (κ3) is 8.76. The second-order valence-electron chi connectivity index (χ2n) is 6.79. The molecule has 2 atom stereocenters. The molecule has 0 aromatic heterocycles. The molecule has 0 unspecified atom stereocenters. The first-order valence-electron chi connectivity index (χ1n) is 8.14. The number of amides is 2. The lowest BCUT2D eigenvalue weighted by Crippen LogP contribution is -2.44. The summed E-state index contributed by atoms with van der Waals surface area (Å²) >= 11 is 0. The van der Waals surface area contributed by atoms with Gasteiger partial charge in [0.2, 0.25) is 5.91 Å². The molecule has 1 rings (SSSR count). The maximum atomic E-state index is 11.8. The largest absolute Gasteiger partial charge is 0.444 e. The van der Waals surface area contributed by atoms with E-state index < -0.39 is 11.7 Å². The van der Waals surface area contributed by atoms with Crippen molar-refractivity contribution in [2.45, 2.75) is 51.7 Å². The highest BCUT2D eigenvalue weighted by molar-refractivity contribution is 5.77. The molecule has 23 heavy (non-hydrogen) atoms. The molecule has 0 aliphatic heterocycles. The monoisotopic (exact) mass is 330 g/mol. The van der Waals surface area contributed by atoms with Gasteiger partial charge in [-0.1, -0.05) is 6.42 Å². The maximum absolute atomic E-state index is 11.8. The smallest absolute Gasteiger partial charge is 0.407 e. The van der Waals surface area contributed by atoms with Crippen molar-refractivity contribution in [1.29, 1.82) is 0 Å². The van der Waals surface area contributed by atoms with Crippen LogP contribution in [0.5, 0.6) is 0 Å². The van der Waals surface area contributed by atoms with Crippen LogP contribution in [0.1, 0.15) is 40.0 Å². The Morgan fingerprint density at radius 1 is 1.17 bits per heavy atom. The molecule has 7 heteroatoms. The highest BCUT2D eigenvalue weighted by Crippen LogP contribution is 2.25. The van der Waals surface area contributed by atoms with Gasteiger partial charge in [-0.05, 0) is 39.5 Å². The molecule has 2 amide bonds. The zero-order valence-corrected chi connectivity index (χ0v) is 14.6. The summed E-state index contributed by atoms with van der Waals surface area (Å²) in [5, 5.41) is 5.77. The van der Waals surface area contributed by atoms with Gasteiger partial charge in [-0.3, -0.25) is 4.79 Å². The summed E-state index contributed by atoms with van der Waals surface area (Å²) in [6.07, 6.45) is 2.52. The van der Waals surface area contributed by atoms with Gasteiger partial charge in [-0.15, -0.1) is 0 Å². The van der Waals surface area contributed by atoms with Crippen LogP contribution in [0.4, 0.5) is 4.79 Å². The summed E-state index contributed by atoms with van der Waals surface area (Å²) in [7, 11) is 1.59. The molecule has 0 aromatic rings. The van der Waals surface area contributed by atoms with Gasteiger partial charge in [0, 0.05) is 19.7 Å². The number of alkyl carbamates (subject to hydrolysis) is 1. The molecular formula is C16H30N2O5. The van der Waals surface area contributed by atoms with Gasteiger partial charge in [0.1, 0.15) is 12.2 Å². The summed E-state index contributed by atoms with van der Waals surface area (Å²) in [6.45, 7) is 6.89. The van der Waals surface area contributed by atoms with Crippen LogP contribution in [0, 0.1) is 5.92 Å². The van der Waals surface area contributed by atoms with E-state index in [1.54, 1.807) is 7.11 Å². The van der Waals surface area contributed by atoms with E-state index in [1.807, 2.05) is 20.8 Å². The van der Waals surface area contributed by atoms with Crippen molar-refractivity contribution in [1.82, 2.24) is 10.6 Å². The minimum atomic E-state index is -0.507. The van der Waals surface area contributed by atoms with Crippen LogP contribution in [-0.4, -0.2) is 57.1 Å². The maximum Gasteiger partial charge on any atom is 0.407 e. The molecule has 0 radical (unpaired) electrons. The standard InChI is InChI=1S/C16H30N2O5/c1-16(2,3)23-15(20)17-10-12-6-5-7-13(12)18-14(19)11-22-9-8-21-4/h12-13H,5-11H2,1-4H3,(H,17,20)(H,18,19)/t12-,13-/m1/s1. The Bertz CT molecular complexity index is 381. The average Bonchev–Trinajstić information content (AvgIpc) is 2.87. The Kier molecular flexibility index (Phi) is 8.33. The van der Waals surface area contributed by atoms with Gasteiger partial charge in [0.25, 0.3) is 0 Å². The van der Waals surface area contributed by atoms with Crippen molar-refractivity contribution in [2.24, 2.45) is 5.92 Å². The number of methoxy groups -OCH3 is 1. The molecule has 1 aliphatic rings. The van der Waals surface area contributed by atoms with Crippen molar-refractivity contribution in [3.8, 4) is 0 Å². The van der Waals surface area contributed by atoms with E-state index >= 15 is 0 Å². The normalized spacial score (nSPS) is 21.0. The van der Waals surface area contributed by atoms with Crippen molar-refractivity contribution < 1.29 is 23.8 Å². The molecular weight excluding hydrogens is 300 g/mol. The van der Waals surface area contributed by atoms with Gasteiger partial charge in [-0.25, -0.2) is 4.79 Å². The lowest BCUT2D eigenvalue weighted by molar-refractivity contribution is -0.127. The number of ether oxygens (including phenoxy) is 3. The zero-order valence-electron chi connectivity index (χ0n) is 14.6. The Morgan fingerprint density at radius 2 is 1.91 bits per heavy atom. The number of carbonyl (C=O) groups excluding carboxylic acids is 2. The summed E-state index contributed by atoms with van der Waals surface area (Å²) < 4.78 is 15.3. The van der Waals surface area contributed by atoms with E-state index in [1.165, 1.54) is 0 Å². The molecule has 2 N–H and O–H groups in total. The van der Waals surface area contributed by atoms with Crippen LogP contribution in [0.15, 0.2) is 0 Å². The predicted octanol–water partition coefficient (Wildman–Crippen LogP) is 1.46. The Labute approximate surface area is 138 Å². The predicted molar refractivity (Wildman–Crippen MR) is 86.2 cm³/mol. The highest BCUT2D eigenvalue weighted by Gasteiger charge is 2.29. The summed E-state index contributed by atoms with van der Waals surface area (Å²) in [5.41, 5.74) is -0.507. The van der Waals surface area contributed by atoms with Crippen LogP contribution >= 0.6 is 0 Å². The van der Waals surface area contributed by atoms with Crippen molar-refractivity contribution in [3.63, 3.8) is 0 Å². The number of carbonyl (C=O) groups is 2.